The van der Waals surface area contributed by atoms with Crippen LogP contribution in [0.25, 0.3) is 0 Å². The van der Waals surface area contributed by atoms with Crippen molar-refractivity contribution in [2.75, 3.05) is 18.7 Å². The van der Waals surface area contributed by atoms with E-state index in [-0.39, 0.29) is 53.4 Å². The van der Waals surface area contributed by atoms with Crippen LogP contribution in [0, 0.1) is 45.6 Å². The van der Waals surface area contributed by atoms with Gasteiger partial charge < -0.3 is 4.74 Å². The SMILES string of the molecule is COc1cccc(N(CN2C(=O)C3C4C=CC(C5CC45)C3C2=O)C(=O)c2ccc([N+](=O)[O-])cc2)c1. The first-order valence-electron chi connectivity index (χ1n) is 11.6. The molecule has 35 heavy (non-hydrogen) atoms. The van der Waals surface area contributed by atoms with Crippen molar-refractivity contribution in [1.29, 1.82) is 0 Å². The average molecular weight is 473 g/mol. The average Bonchev–Trinajstić information content (AvgIpc) is 3.67. The van der Waals surface area contributed by atoms with E-state index in [0.29, 0.717) is 23.3 Å². The Bertz CT molecular complexity index is 1250. The topological polar surface area (TPSA) is 110 Å². The fraction of sp³-hybridized carbons (Fsp3) is 0.346. The van der Waals surface area contributed by atoms with Crippen LogP contribution < -0.4 is 9.64 Å². The van der Waals surface area contributed by atoms with E-state index in [9.17, 15) is 24.5 Å². The molecule has 3 amide bonds. The molecule has 1 saturated heterocycles. The normalized spacial score (nSPS) is 29.6. The molecule has 0 spiro atoms. The summed E-state index contributed by atoms with van der Waals surface area (Å²) in [5.74, 6) is 0.0122. The predicted molar refractivity (Wildman–Crippen MR) is 124 cm³/mol. The number of nitro benzene ring substituents is 1. The van der Waals surface area contributed by atoms with Crippen LogP contribution in [0.2, 0.25) is 0 Å². The van der Waals surface area contributed by atoms with Gasteiger partial charge in [-0.3, -0.25) is 34.3 Å². The van der Waals surface area contributed by atoms with Crippen molar-refractivity contribution in [2.24, 2.45) is 35.5 Å². The van der Waals surface area contributed by atoms with E-state index in [1.807, 2.05) is 0 Å². The molecule has 2 aromatic carbocycles. The van der Waals surface area contributed by atoms with Crippen molar-refractivity contribution in [3.63, 3.8) is 0 Å². The van der Waals surface area contributed by atoms with Crippen LogP contribution in [-0.4, -0.2) is 41.3 Å². The van der Waals surface area contributed by atoms with E-state index in [4.69, 9.17) is 4.74 Å². The number of methoxy groups -OCH3 is 1. The molecule has 6 atom stereocenters. The zero-order valence-corrected chi connectivity index (χ0v) is 18.9. The van der Waals surface area contributed by atoms with Gasteiger partial charge in [0, 0.05) is 29.4 Å². The number of allylic oxidation sites excluding steroid dienone is 2. The van der Waals surface area contributed by atoms with Gasteiger partial charge in [-0.2, -0.15) is 0 Å². The fourth-order valence-electron chi connectivity index (χ4n) is 6.22. The fourth-order valence-corrected chi connectivity index (χ4v) is 6.22. The zero-order valence-electron chi connectivity index (χ0n) is 18.9. The van der Waals surface area contributed by atoms with Crippen LogP contribution in [0.3, 0.4) is 0 Å². The quantitative estimate of drug-likeness (QED) is 0.276. The van der Waals surface area contributed by atoms with Crippen LogP contribution in [0.4, 0.5) is 11.4 Å². The molecular weight excluding hydrogens is 450 g/mol. The van der Waals surface area contributed by atoms with E-state index in [1.165, 1.54) is 41.2 Å². The molecule has 178 valence electrons. The van der Waals surface area contributed by atoms with Crippen LogP contribution in [0.1, 0.15) is 16.8 Å². The molecule has 1 aliphatic heterocycles. The summed E-state index contributed by atoms with van der Waals surface area (Å²) in [4.78, 5) is 53.7. The van der Waals surface area contributed by atoms with Crippen molar-refractivity contribution < 1.29 is 24.0 Å². The summed E-state index contributed by atoms with van der Waals surface area (Å²) >= 11 is 0. The summed E-state index contributed by atoms with van der Waals surface area (Å²) in [6.45, 7) is -0.234. The summed E-state index contributed by atoms with van der Waals surface area (Å²) < 4.78 is 5.31. The van der Waals surface area contributed by atoms with Crippen molar-refractivity contribution in [1.82, 2.24) is 4.90 Å². The standard InChI is InChI=1S/C26H23N3O6/c1-35-17-4-2-3-16(11-17)27(24(30)14-5-7-15(8-6-14)29(33)34)13-28-25(31)22-18-9-10-19(21-12-20(18)21)23(22)26(28)32/h2-11,18-23H,12-13H2,1H3. The number of likely N-dealkylation sites (tertiary alicyclic amines) is 1. The molecule has 3 fully saturated rings. The van der Waals surface area contributed by atoms with Crippen molar-refractivity contribution in [3.05, 3.63) is 76.4 Å². The molecule has 0 N–H and O–H groups in total. The summed E-state index contributed by atoms with van der Waals surface area (Å²) in [5, 5.41) is 11.0. The highest BCUT2D eigenvalue weighted by atomic mass is 16.6. The third-order valence-electron chi connectivity index (χ3n) is 7.97. The van der Waals surface area contributed by atoms with Crippen LogP contribution in [0.15, 0.2) is 60.7 Å². The highest BCUT2D eigenvalue weighted by molar-refractivity contribution is 6.10. The van der Waals surface area contributed by atoms with Crippen LogP contribution in [0.5, 0.6) is 5.75 Å². The van der Waals surface area contributed by atoms with Gasteiger partial charge in [-0.05, 0) is 54.4 Å². The van der Waals surface area contributed by atoms with E-state index in [1.54, 1.807) is 24.3 Å². The lowest BCUT2D eigenvalue weighted by Crippen LogP contribution is -2.45. The van der Waals surface area contributed by atoms with Crippen LogP contribution >= 0.6 is 0 Å². The minimum absolute atomic E-state index is 0.0899. The summed E-state index contributed by atoms with van der Waals surface area (Å²) in [7, 11) is 1.51. The Morgan fingerprint density at radius 1 is 1.06 bits per heavy atom. The first-order valence-corrected chi connectivity index (χ1v) is 11.6. The third kappa shape index (κ3) is 3.25. The molecular formula is C26H23N3O6. The van der Waals surface area contributed by atoms with E-state index < -0.39 is 10.8 Å². The second-order valence-electron chi connectivity index (χ2n) is 9.64. The Labute approximate surface area is 201 Å². The maximum Gasteiger partial charge on any atom is 0.269 e. The van der Waals surface area contributed by atoms with Gasteiger partial charge >= 0.3 is 0 Å². The summed E-state index contributed by atoms with van der Waals surface area (Å²) in [5.41, 5.74) is 0.523. The summed E-state index contributed by atoms with van der Waals surface area (Å²) in [6, 6.07) is 12.1. The molecule has 2 bridgehead atoms. The molecule has 4 aliphatic carbocycles. The number of hydrogen-bond donors (Lipinski definition) is 0. The number of carbonyl (C=O) groups is 3. The van der Waals surface area contributed by atoms with Gasteiger partial charge in [-0.1, -0.05) is 18.2 Å². The maximum atomic E-state index is 13.6. The molecule has 2 saturated carbocycles. The molecule has 0 radical (unpaired) electrons. The highest BCUT2D eigenvalue weighted by Crippen LogP contribution is 2.65. The lowest BCUT2D eigenvalue weighted by Gasteiger charge is -2.37. The molecule has 1 heterocycles. The smallest absolute Gasteiger partial charge is 0.269 e. The molecule has 6 unspecified atom stereocenters. The Hall–Kier alpha value is -4.01. The Kier molecular flexibility index (Phi) is 4.77. The molecule has 5 aliphatic rings. The van der Waals surface area contributed by atoms with Crippen molar-refractivity contribution in [2.45, 2.75) is 6.42 Å². The van der Waals surface area contributed by atoms with Gasteiger partial charge in [0.1, 0.15) is 12.4 Å². The van der Waals surface area contributed by atoms with E-state index >= 15 is 0 Å². The number of amides is 3. The molecule has 0 aromatic heterocycles. The second-order valence-corrected chi connectivity index (χ2v) is 9.64. The Morgan fingerprint density at radius 3 is 2.26 bits per heavy atom. The van der Waals surface area contributed by atoms with Gasteiger partial charge in [0.25, 0.3) is 11.6 Å². The first-order chi connectivity index (χ1) is 16.9. The first kappa shape index (κ1) is 21.5. The van der Waals surface area contributed by atoms with Crippen LogP contribution in [-0.2, 0) is 9.59 Å². The Balaban J connectivity index is 1.34. The van der Waals surface area contributed by atoms with E-state index in [0.717, 1.165) is 6.42 Å². The van der Waals surface area contributed by atoms with Crippen molar-refractivity contribution >= 4 is 29.1 Å². The number of nitro groups is 1. The number of hydrogen-bond acceptors (Lipinski definition) is 6. The number of ether oxygens (including phenoxy) is 1. The second kappa shape index (κ2) is 7.76. The number of rotatable bonds is 6. The number of anilines is 1. The van der Waals surface area contributed by atoms with Gasteiger partial charge in [0.2, 0.25) is 11.8 Å². The number of carbonyl (C=O) groups excluding carboxylic acids is 3. The maximum absolute atomic E-state index is 13.6. The predicted octanol–water partition coefficient (Wildman–Crippen LogP) is 3.26. The van der Waals surface area contributed by atoms with Gasteiger partial charge in [-0.25, -0.2) is 0 Å². The lowest BCUT2D eigenvalue weighted by atomic mass is 9.63. The number of non-ortho nitro benzene ring substituents is 1. The molecule has 2 aromatic rings. The van der Waals surface area contributed by atoms with Gasteiger partial charge in [0.05, 0.1) is 23.9 Å². The molecule has 7 rings (SSSR count). The lowest BCUT2D eigenvalue weighted by molar-refractivity contribution is -0.384. The minimum Gasteiger partial charge on any atom is -0.497 e. The number of benzene rings is 2. The zero-order chi connectivity index (χ0) is 24.4. The molecule has 9 heteroatoms. The van der Waals surface area contributed by atoms with Gasteiger partial charge in [0.15, 0.2) is 0 Å². The van der Waals surface area contributed by atoms with Gasteiger partial charge in [-0.15, -0.1) is 0 Å². The number of imide groups is 1. The monoisotopic (exact) mass is 473 g/mol. The minimum atomic E-state index is -0.537. The highest BCUT2D eigenvalue weighted by Gasteiger charge is 2.67. The summed E-state index contributed by atoms with van der Waals surface area (Å²) in [6.07, 6.45) is 5.29. The molecule has 9 nitrogen and oxygen atoms in total. The Morgan fingerprint density at radius 2 is 1.69 bits per heavy atom. The largest absolute Gasteiger partial charge is 0.497 e. The number of nitrogens with zero attached hydrogens (tertiary/aromatic N) is 3. The third-order valence-corrected chi connectivity index (χ3v) is 7.97. The van der Waals surface area contributed by atoms with Crippen molar-refractivity contribution in [3.8, 4) is 5.75 Å². The van der Waals surface area contributed by atoms with E-state index in [2.05, 4.69) is 12.2 Å².